The number of amides is 1. The van der Waals surface area contributed by atoms with Gasteiger partial charge in [-0.25, -0.2) is 4.79 Å². The van der Waals surface area contributed by atoms with Crippen molar-refractivity contribution < 1.29 is 9.53 Å². The zero-order chi connectivity index (χ0) is 12.1. The summed E-state index contributed by atoms with van der Waals surface area (Å²) >= 11 is 6.53. The van der Waals surface area contributed by atoms with Crippen LogP contribution in [0.5, 0.6) is 0 Å². The van der Waals surface area contributed by atoms with Crippen LogP contribution in [0, 0.1) is 11.3 Å². The highest BCUT2D eigenvalue weighted by atomic mass is 79.9. The third-order valence-electron chi connectivity index (χ3n) is 1.68. The molecule has 1 rings (SSSR count). The SMILES string of the molecule is CCOC(=O)Nc1c(Br)cc(Br)cc1C#N. The quantitative estimate of drug-likeness (QED) is 0.888. The second kappa shape index (κ2) is 5.87. The number of carbonyl (C=O) groups excluding carboxylic acids is 1. The number of hydrogen-bond donors (Lipinski definition) is 1. The summed E-state index contributed by atoms with van der Waals surface area (Å²) in [6, 6.07) is 5.35. The summed E-state index contributed by atoms with van der Waals surface area (Å²) in [5.74, 6) is 0. The van der Waals surface area contributed by atoms with E-state index >= 15 is 0 Å². The fourth-order valence-electron chi connectivity index (χ4n) is 1.06. The molecule has 0 spiro atoms. The number of halogens is 2. The number of nitrogens with zero attached hydrogens (tertiary/aromatic N) is 1. The minimum atomic E-state index is -0.581. The van der Waals surface area contributed by atoms with Crippen molar-refractivity contribution in [1.82, 2.24) is 0 Å². The summed E-state index contributed by atoms with van der Waals surface area (Å²) < 4.78 is 6.11. The Morgan fingerprint density at radius 2 is 2.25 bits per heavy atom. The highest BCUT2D eigenvalue weighted by Gasteiger charge is 2.12. The first-order valence-electron chi connectivity index (χ1n) is 4.41. The van der Waals surface area contributed by atoms with Crippen molar-refractivity contribution in [3.05, 3.63) is 26.6 Å². The lowest BCUT2D eigenvalue weighted by atomic mass is 10.2. The summed E-state index contributed by atoms with van der Waals surface area (Å²) in [6.45, 7) is 1.99. The van der Waals surface area contributed by atoms with Crippen molar-refractivity contribution in [3.8, 4) is 6.07 Å². The van der Waals surface area contributed by atoms with Gasteiger partial charge in [0.2, 0.25) is 0 Å². The molecule has 4 nitrogen and oxygen atoms in total. The molecule has 0 fully saturated rings. The van der Waals surface area contributed by atoms with E-state index in [0.717, 1.165) is 4.47 Å². The van der Waals surface area contributed by atoms with Crippen LogP contribution >= 0.6 is 31.9 Å². The monoisotopic (exact) mass is 346 g/mol. The lowest BCUT2D eigenvalue weighted by Crippen LogP contribution is -2.14. The van der Waals surface area contributed by atoms with E-state index in [4.69, 9.17) is 10.00 Å². The van der Waals surface area contributed by atoms with Crippen molar-refractivity contribution in [3.63, 3.8) is 0 Å². The molecule has 1 amide bonds. The van der Waals surface area contributed by atoms with Crippen molar-refractivity contribution in [2.24, 2.45) is 0 Å². The van der Waals surface area contributed by atoms with Gasteiger partial charge in [0.25, 0.3) is 0 Å². The zero-order valence-electron chi connectivity index (χ0n) is 8.38. The average Bonchev–Trinajstić information content (AvgIpc) is 2.22. The lowest BCUT2D eigenvalue weighted by Gasteiger charge is -2.09. The van der Waals surface area contributed by atoms with E-state index in [-0.39, 0.29) is 6.61 Å². The van der Waals surface area contributed by atoms with Crippen LogP contribution in [0.4, 0.5) is 10.5 Å². The molecule has 0 atom stereocenters. The molecule has 84 valence electrons. The maximum Gasteiger partial charge on any atom is 0.411 e. The summed E-state index contributed by atoms with van der Waals surface area (Å²) in [6.07, 6.45) is -0.581. The second-order valence-electron chi connectivity index (χ2n) is 2.77. The normalized spacial score (nSPS) is 9.38. The van der Waals surface area contributed by atoms with Gasteiger partial charge in [-0.1, -0.05) is 15.9 Å². The standard InChI is InChI=1S/C10H8Br2N2O2/c1-2-16-10(15)14-9-6(5-13)3-7(11)4-8(9)12/h3-4H,2H2,1H3,(H,14,15). The molecule has 0 unspecified atom stereocenters. The Labute approximate surface area is 110 Å². The molecule has 0 saturated heterocycles. The molecule has 1 aromatic rings. The first kappa shape index (κ1) is 13.0. The van der Waals surface area contributed by atoms with Crippen molar-refractivity contribution in [2.45, 2.75) is 6.92 Å². The van der Waals surface area contributed by atoms with Crippen LogP contribution in [0.3, 0.4) is 0 Å². The number of rotatable bonds is 2. The topological polar surface area (TPSA) is 62.1 Å². The minimum Gasteiger partial charge on any atom is -0.450 e. The Hall–Kier alpha value is -1.06. The fraction of sp³-hybridized carbons (Fsp3) is 0.200. The molecule has 0 saturated carbocycles. The lowest BCUT2D eigenvalue weighted by molar-refractivity contribution is 0.168. The van der Waals surface area contributed by atoms with Crippen LogP contribution in [0.25, 0.3) is 0 Å². The summed E-state index contributed by atoms with van der Waals surface area (Å²) in [5.41, 5.74) is 0.762. The largest absolute Gasteiger partial charge is 0.450 e. The maximum absolute atomic E-state index is 11.2. The van der Waals surface area contributed by atoms with Crippen molar-refractivity contribution in [1.29, 1.82) is 5.26 Å². The third kappa shape index (κ3) is 3.22. The van der Waals surface area contributed by atoms with Crippen molar-refractivity contribution >= 4 is 43.6 Å². The smallest absolute Gasteiger partial charge is 0.411 e. The second-order valence-corrected chi connectivity index (χ2v) is 4.54. The van der Waals surface area contributed by atoms with Crippen LogP contribution in [0.15, 0.2) is 21.1 Å². The van der Waals surface area contributed by atoms with E-state index in [1.165, 1.54) is 0 Å². The number of nitriles is 1. The van der Waals surface area contributed by atoms with E-state index in [1.807, 2.05) is 6.07 Å². The van der Waals surface area contributed by atoms with Crippen LogP contribution in [0.2, 0.25) is 0 Å². The Kier molecular flexibility index (Phi) is 4.77. The molecule has 0 aliphatic heterocycles. The Balaban J connectivity index is 3.04. The van der Waals surface area contributed by atoms with E-state index in [0.29, 0.717) is 15.7 Å². The van der Waals surface area contributed by atoms with Gasteiger partial charge in [0.15, 0.2) is 0 Å². The minimum absolute atomic E-state index is 0.280. The number of nitrogens with one attached hydrogen (secondary N) is 1. The summed E-state index contributed by atoms with van der Waals surface area (Å²) in [4.78, 5) is 11.2. The Bertz CT molecular complexity index is 455. The number of anilines is 1. The maximum atomic E-state index is 11.2. The predicted molar refractivity (Wildman–Crippen MR) is 67.2 cm³/mol. The van der Waals surface area contributed by atoms with Crippen LogP contribution in [-0.2, 0) is 4.74 Å². The predicted octanol–water partition coefficient (Wildman–Crippen LogP) is 3.65. The number of hydrogen-bond acceptors (Lipinski definition) is 3. The molecule has 0 aromatic heterocycles. The van der Waals surface area contributed by atoms with Crippen LogP contribution in [0.1, 0.15) is 12.5 Å². The number of benzene rings is 1. The molecule has 1 N–H and O–H groups in total. The number of carbonyl (C=O) groups is 1. The highest BCUT2D eigenvalue weighted by Crippen LogP contribution is 2.30. The Morgan fingerprint density at radius 3 is 2.81 bits per heavy atom. The van der Waals surface area contributed by atoms with Gasteiger partial charge < -0.3 is 4.74 Å². The molecule has 6 heteroatoms. The summed E-state index contributed by atoms with van der Waals surface area (Å²) in [7, 11) is 0. The van der Waals surface area contributed by atoms with Gasteiger partial charge in [-0.2, -0.15) is 5.26 Å². The van der Waals surface area contributed by atoms with Crippen molar-refractivity contribution in [2.75, 3.05) is 11.9 Å². The molecule has 0 aliphatic rings. The fourth-order valence-corrected chi connectivity index (χ4v) is 2.38. The summed E-state index contributed by atoms with van der Waals surface area (Å²) in [5, 5.41) is 11.4. The highest BCUT2D eigenvalue weighted by molar-refractivity contribution is 9.11. The van der Waals surface area contributed by atoms with Gasteiger partial charge in [-0.05, 0) is 35.0 Å². The van der Waals surface area contributed by atoms with Gasteiger partial charge >= 0.3 is 6.09 Å². The zero-order valence-corrected chi connectivity index (χ0v) is 11.6. The molecule has 0 radical (unpaired) electrons. The Morgan fingerprint density at radius 1 is 1.56 bits per heavy atom. The molecular weight excluding hydrogens is 340 g/mol. The molecule has 0 heterocycles. The van der Waals surface area contributed by atoms with E-state index in [2.05, 4.69) is 37.2 Å². The first-order valence-corrected chi connectivity index (χ1v) is 6.00. The van der Waals surface area contributed by atoms with Gasteiger partial charge in [0, 0.05) is 8.95 Å². The molecule has 0 aliphatic carbocycles. The van der Waals surface area contributed by atoms with Crippen LogP contribution in [-0.4, -0.2) is 12.7 Å². The van der Waals surface area contributed by atoms with E-state index in [1.54, 1.807) is 19.1 Å². The molecule has 0 bridgehead atoms. The van der Waals surface area contributed by atoms with Gasteiger partial charge in [-0.3, -0.25) is 5.32 Å². The first-order chi connectivity index (χ1) is 7.58. The van der Waals surface area contributed by atoms with Gasteiger partial charge in [-0.15, -0.1) is 0 Å². The molecule has 16 heavy (non-hydrogen) atoms. The van der Waals surface area contributed by atoms with Gasteiger partial charge in [0.1, 0.15) is 6.07 Å². The molecular formula is C10H8Br2N2O2. The van der Waals surface area contributed by atoms with Crippen LogP contribution < -0.4 is 5.32 Å². The molecule has 1 aromatic carbocycles. The van der Waals surface area contributed by atoms with E-state index < -0.39 is 6.09 Å². The van der Waals surface area contributed by atoms with E-state index in [9.17, 15) is 4.79 Å². The third-order valence-corrected chi connectivity index (χ3v) is 2.76. The van der Waals surface area contributed by atoms with Gasteiger partial charge in [0.05, 0.1) is 17.9 Å². The number of ether oxygens (including phenoxy) is 1. The average molecular weight is 348 g/mol.